The molecule has 2 aromatic carbocycles. The Kier molecular flexibility index (Phi) is 7.53. The number of hydrogen-bond donors (Lipinski definition) is 2. The van der Waals surface area contributed by atoms with Crippen LogP contribution in [0.3, 0.4) is 0 Å². The zero-order valence-electron chi connectivity index (χ0n) is 17.2. The van der Waals surface area contributed by atoms with Crippen LogP contribution >= 0.6 is 0 Å². The Labute approximate surface area is 172 Å². The van der Waals surface area contributed by atoms with Gasteiger partial charge in [0.15, 0.2) is 0 Å². The second-order valence-corrected chi connectivity index (χ2v) is 8.50. The maximum atomic E-state index is 12.8. The molecular weight excluding hydrogens is 390 g/mol. The molecule has 0 heterocycles. The van der Waals surface area contributed by atoms with E-state index in [0.717, 1.165) is 5.56 Å². The predicted octanol–water partition coefficient (Wildman–Crippen LogP) is 2.57. The molecule has 0 unspecified atom stereocenters. The van der Waals surface area contributed by atoms with E-state index in [-0.39, 0.29) is 17.2 Å². The Morgan fingerprint density at radius 1 is 1.00 bits per heavy atom. The maximum Gasteiger partial charge on any atom is 0.255 e. The summed E-state index contributed by atoms with van der Waals surface area (Å²) in [6.07, 6.45) is 0.259. The van der Waals surface area contributed by atoms with Gasteiger partial charge in [0.25, 0.3) is 5.91 Å². The Morgan fingerprint density at radius 2 is 1.62 bits per heavy atom. The molecule has 0 saturated heterocycles. The van der Waals surface area contributed by atoms with E-state index in [4.69, 9.17) is 0 Å². The van der Waals surface area contributed by atoms with Gasteiger partial charge in [-0.05, 0) is 42.3 Å². The second kappa shape index (κ2) is 9.67. The van der Waals surface area contributed by atoms with Crippen molar-refractivity contribution >= 4 is 27.5 Å². The highest BCUT2D eigenvalue weighted by Crippen LogP contribution is 2.21. The standard InChI is InChI=1S/C21H27N3O4S/c1-5-24(6-2)29(27,28)18-12-7-15(3)19(14-18)21(26)23-17-10-8-16(9-11-17)13-20(25)22-4/h7-12,14H,5-6,13H2,1-4H3,(H,22,25)(H,23,26). The minimum atomic E-state index is -3.65. The van der Waals surface area contributed by atoms with Gasteiger partial charge in [0.05, 0.1) is 11.3 Å². The maximum absolute atomic E-state index is 12.8. The zero-order chi connectivity index (χ0) is 21.6. The third-order valence-corrected chi connectivity index (χ3v) is 6.70. The van der Waals surface area contributed by atoms with Crippen LogP contribution < -0.4 is 10.6 Å². The molecule has 0 fully saturated rings. The minimum absolute atomic E-state index is 0.0939. The van der Waals surface area contributed by atoms with E-state index >= 15 is 0 Å². The number of carbonyl (C=O) groups is 2. The van der Waals surface area contributed by atoms with Gasteiger partial charge in [-0.25, -0.2) is 8.42 Å². The molecule has 0 spiro atoms. The van der Waals surface area contributed by atoms with Crippen molar-refractivity contribution in [3.05, 3.63) is 59.2 Å². The van der Waals surface area contributed by atoms with Crippen LogP contribution in [0.5, 0.6) is 0 Å². The molecule has 2 aromatic rings. The summed E-state index contributed by atoms with van der Waals surface area (Å²) in [6, 6.07) is 11.5. The Bertz CT molecular complexity index is 981. The number of amides is 2. The lowest BCUT2D eigenvalue weighted by atomic mass is 10.1. The number of anilines is 1. The van der Waals surface area contributed by atoms with Crippen molar-refractivity contribution in [2.24, 2.45) is 0 Å². The number of hydrogen-bond acceptors (Lipinski definition) is 4. The fraction of sp³-hybridized carbons (Fsp3) is 0.333. The SMILES string of the molecule is CCN(CC)S(=O)(=O)c1ccc(C)c(C(=O)Nc2ccc(CC(=O)NC)cc2)c1. The summed E-state index contributed by atoms with van der Waals surface area (Å²) in [5.41, 5.74) is 2.36. The monoisotopic (exact) mass is 417 g/mol. The predicted molar refractivity (Wildman–Crippen MR) is 113 cm³/mol. The van der Waals surface area contributed by atoms with Gasteiger partial charge < -0.3 is 10.6 Å². The number of benzene rings is 2. The third-order valence-electron chi connectivity index (χ3n) is 4.65. The quantitative estimate of drug-likeness (QED) is 0.690. The van der Waals surface area contributed by atoms with E-state index in [2.05, 4.69) is 10.6 Å². The fourth-order valence-corrected chi connectivity index (χ4v) is 4.38. The highest BCUT2D eigenvalue weighted by Gasteiger charge is 2.23. The number of likely N-dealkylation sites (N-methyl/N-ethyl adjacent to an activating group) is 1. The van der Waals surface area contributed by atoms with E-state index in [1.807, 2.05) is 0 Å². The van der Waals surface area contributed by atoms with Crippen molar-refractivity contribution in [1.82, 2.24) is 9.62 Å². The Hall–Kier alpha value is -2.71. The largest absolute Gasteiger partial charge is 0.359 e. The first kappa shape index (κ1) is 22.6. The average Bonchev–Trinajstić information content (AvgIpc) is 2.70. The van der Waals surface area contributed by atoms with Crippen LogP contribution in [0.15, 0.2) is 47.4 Å². The number of aryl methyl sites for hydroxylation is 1. The topological polar surface area (TPSA) is 95.6 Å². The van der Waals surface area contributed by atoms with E-state index in [1.165, 1.54) is 16.4 Å². The molecule has 0 radical (unpaired) electrons. The molecular formula is C21H27N3O4S. The van der Waals surface area contributed by atoms with Gasteiger partial charge in [-0.2, -0.15) is 4.31 Å². The molecule has 0 aromatic heterocycles. The van der Waals surface area contributed by atoms with E-state index in [9.17, 15) is 18.0 Å². The molecule has 8 heteroatoms. The zero-order valence-corrected chi connectivity index (χ0v) is 18.0. The Morgan fingerprint density at radius 3 is 2.17 bits per heavy atom. The van der Waals surface area contributed by atoms with Crippen LogP contribution in [0.1, 0.15) is 35.3 Å². The lowest BCUT2D eigenvalue weighted by Crippen LogP contribution is -2.30. The van der Waals surface area contributed by atoms with Gasteiger partial charge in [-0.15, -0.1) is 0 Å². The number of sulfonamides is 1. The summed E-state index contributed by atoms with van der Waals surface area (Å²) in [5.74, 6) is -0.484. The lowest BCUT2D eigenvalue weighted by molar-refractivity contribution is -0.119. The van der Waals surface area contributed by atoms with Gasteiger partial charge in [0, 0.05) is 31.4 Å². The van der Waals surface area contributed by atoms with E-state index < -0.39 is 15.9 Å². The summed E-state index contributed by atoms with van der Waals surface area (Å²) >= 11 is 0. The van der Waals surface area contributed by atoms with Crippen LogP contribution in [0.25, 0.3) is 0 Å². The molecule has 2 N–H and O–H groups in total. The highest BCUT2D eigenvalue weighted by atomic mass is 32.2. The second-order valence-electron chi connectivity index (χ2n) is 6.57. The van der Waals surface area contributed by atoms with Crippen LogP contribution in [0, 0.1) is 6.92 Å². The van der Waals surface area contributed by atoms with Gasteiger partial charge in [0.2, 0.25) is 15.9 Å². The van der Waals surface area contributed by atoms with Crippen molar-refractivity contribution in [1.29, 1.82) is 0 Å². The van der Waals surface area contributed by atoms with Crippen molar-refractivity contribution in [2.75, 3.05) is 25.5 Å². The molecule has 2 amide bonds. The average molecular weight is 418 g/mol. The summed E-state index contributed by atoms with van der Waals surface area (Å²) in [5, 5.41) is 5.34. The smallest absolute Gasteiger partial charge is 0.255 e. The van der Waals surface area contributed by atoms with Gasteiger partial charge in [-0.1, -0.05) is 32.0 Å². The van der Waals surface area contributed by atoms with Gasteiger partial charge >= 0.3 is 0 Å². The first-order valence-corrected chi connectivity index (χ1v) is 10.9. The van der Waals surface area contributed by atoms with Crippen LogP contribution in [0.4, 0.5) is 5.69 Å². The van der Waals surface area contributed by atoms with Crippen molar-refractivity contribution < 1.29 is 18.0 Å². The van der Waals surface area contributed by atoms with Crippen LogP contribution in [-0.2, 0) is 21.2 Å². The number of rotatable bonds is 8. The molecule has 2 rings (SSSR count). The van der Waals surface area contributed by atoms with Crippen LogP contribution in [0.2, 0.25) is 0 Å². The molecule has 0 bridgehead atoms. The first-order valence-electron chi connectivity index (χ1n) is 9.44. The molecule has 0 atom stereocenters. The molecule has 0 aliphatic carbocycles. The number of nitrogens with one attached hydrogen (secondary N) is 2. The summed E-state index contributed by atoms with van der Waals surface area (Å²) in [7, 11) is -2.07. The van der Waals surface area contributed by atoms with Crippen molar-refractivity contribution in [3.8, 4) is 0 Å². The van der Waals surface area contributed by atoms with E-state index in [1.54, 1.807) is 58.2 Å². The normalized spacial score (nSPS) is 11.3. The van der Waals surface area contributed by atoms with Crippen molar-refractivity contribution in [3.63, 3.8) is 0 Å². The lowest BCUT2D eigenvalue weighted by Gasteiger charge is -2.19. The number of carbonyl (C=O) groups excluding carboxylic acids is 2. The minimum Gasteiger partial charge on any atom is -0.359 e. The van der Waals surface area contributed by atoms with E-state index in [0.29, 0.717) is 29.9 Å². The van der Waals surface area contributed by atoms with Crippen LogP contribution in [-0.4, -0.2) is 44.7 Å². The fourth-order valence-electron chi connectivity index (χ4n) is 2.90. The summed E-state index contributed by atoms with van der Waals surface area (Å²) in [4.78, 5) is 24.3. The Balaban J connectivity index is 2.24. The summed E-state index contributed by atoms with van der Waals surface area (Å²) in [6.45, 7) is 6.02. The van der Waals surface area contributed by atoms with Crippen molar-refractivity contribution in [2.45, 2.75) is 32.1 Å². The third kappa shape index (κ3) is 5.42. The highest BCUT2D eigenvalue weighted by molar-refractivity contribution is 7.89. The molecule has 0 aliphatic rings. The molecule has 0 aliphatic heterocycles. The number of nitrogens with zero attached hydrogens (tertiary/aromatic N) is 1. The first-order chi connectivity index (χ1) is 13.7. The van der Waals surface area contributed by atoms with Gasteiger partial charge in [0.1, 0.15) is 0 Å². The summed E-state index contributed by atoms with van der Waals surface area (Å²) < 4.78 is 26.9. The molecule has 7 nitrogen and oxygen atoms in total. The molecule has 29 heavy (non-hydrogen) atoms. The van der Waals surface area contributed by atoms with Gasteiger partial charge in [-0.3, -0.25) is 9.59 Å². The molecule has 0 saturated carbocycles. The molecule has 156 valence electrons.